The Morgan fingerprint density at radius 3 is 2.70 bits per heavy atom. The maximum Gasteiger partial charge on any atom is 0.226 e. The van der Waals surface area contributed by atoms with Crippen LogP contribution in [0.1, 0.15) is 44.9 Å². The van der Waals surface area contributed by atoms with Gasteiger partial charge >= 0.3 is 0 Å². The van der Waals surface area contributed by atoms with E-state index in [2.05, 4.69) is 10.2 Å². The van der Waals surface area contributed by atoms with Crippen molar-refractivity contribution in [3.05, 3.63) is 29.0 Å². The average molecular weight is 434 g/mol. The van der Waals surface area contributed by atoms with E-state index >= 15 is 0 Å². The summed E-state index contributed by atoms with van der Waals surface area (Å²) in [5.74, 6) is 0.318. The van der Waals surface area contributed by atoms with Gasteiger partial charge < -0.3 is 10.2 Å². The van der Waals surface area contributed by atoms with Gasteiger partial charge in [0.15, 0.2) is 5.17 Å². The lowest BCUT2D eigenvalue weighted by atomic mass is 10.1. The molecule has 1 amide bonds. The van der Waals surface area contributed by atoms with E-state index in [0.717, 1.165) is 10.9 Å². The van der Waals surface area contributed by atoms with Crippen LogP contribution in [0, 0.1) is 5.82 Å². The van der Waals surface area contributed by atoms with Crippen LogP contribution in [0.2, 0.25) is 5.02 Å². The smallest absolute Gasteiger partial charge is 0.226 e. The van der Waals surface area contributed by atoms with E-state index in [0.29, 0.717) is 18.2 Å². The molecule has 150 valence electrons. The van der Waals surface area contributed by atoms with E-state index < -0.39 is 5.82 Å². The fourth-order valence-electron chi connectivity index (χ4n) is 3.41. The van der Waals surface area contributed by atoms with Gasteiger partial charge in [-0.25, -0.2) is 4.39 Å². The third-order valence-electron chi connectivity index (χ3n) is 5.00. The molecule has 1 aliphatic carbocycles. The monoisotopic (exact) mass is 433 g/mol. The average Bonchev–Trinajstić information content (AvgIpc) is 2.80. The fraction of sp³-hybridized carbons (Fsp3) is 0.579. The topological polar surface area (TPSA) is 44.7 Å². The van der Waals surface area contributed by atoms with Crippen LogP contribution in [-0.2, 0) is 4.79 Å². The standard InChI is InChI=1S/C19H25ClFN3OS.ClH/c1-24-15(11-18(25)23-17-9-8-13(21)10-16(17)20)12-26-19(24)22-14-6-4-2-3-5-7-14;/h8-10,14-15H,2-7,11-12H2,1H3,(H,23,25);1H/b22-19-;. The van der Waals surface area contributed by atoms with Gasteiger partial charge in [-0.15, -0.1) is 12.4 Å². The number of nitrogens with one attached hydrogen (secondary N) is 1. The summed E-state index contributed by atoms with van der Waals surface area (Å²) < 4.78 is 13.1. The first-order valence-electron chi connectivity index (χ1n) is 9.21. The third kappa shape index (κ3) is 6.26. The molecule has 1 saturated carbocycles. The number of benzene rings is 1. The molecule has 4 nitrogen and oxygen atoms in total. The molecule has 1 aliphatic heterocycles. The molecule has 2 aliphatic rings. The van der Waals surface area contributed by atoms with Crippen molar-refractivity contribution in [3.8, 4) is 0 Å². The predicted octanol–water partition coefficient (Wildman–Crippen LogP) is 5.36. The summed E-state index contributed by atoms with van der Waals surface area (Å²) in [6.07, 6.45) is 7.87. The zero-order valence-corrected chi connectivity index (χ0v) is 17.8. The van der Waals surface area contributed by atoms with Gasteiger partial charge in [-0.1, -0.05) is 49.0 Å². The van der Waals surface area contributed by atoms with E-state index in [1.807, 2.05) is 7.05 Å². The Balaban J connectivity index is 0.00000261. The molecule has 0 bridgehead atoms. The Morgan fingerprint density at radius 1 is 1.33 bits per heavy atom. The van der Waals surface area contributed by atoms with Gasteiger partial charge in [0.1, 0.15) is 5.82 Å². The number of hydrogen-bond donors (Lipinski definition) is 1. The Labute approximate surface area is 175 Å². The highest BCUT2D eigenvalue weighted by molar-refractivity contribution is 8.14. The molecule has 0 spiro atoms. The normalized spacial score (nSPS) is 22.4. The number of halogens is 3. The van der Waals surface area contributed by atoms with Crippen LogP contribution < -0.4 is 5.32 Å². The minimum Gasteiger partial charge on any atom is -0.350 e. The number of thioether (sulfide) groups is 1. The van der Waals surface area contributed by atoms with E-state index in [4.69, 9.17) is 16.6 Å². The highest BCUT2D eigenvalue weighted by atomic mass is 35.5. The van der Waals surface area contributed by atoms with Gasteiger partial charge in [-0.3, -0.25) is 9.79 Å². The Bertz CT molecular complexity index is 681. The van der Waals surface area contributed by atoms with Crippen molar-refractivity contribution in [1.29, 1.82) is 0 Å². The molecule has 8 heteroatoms. The largest absolute Gasteiger partial charge is 0.350 e. The molecule has 3 rings (SSSR count). The fourth-order valence-corrected chi connectivity index (χ4v) is 4.89. The molecular weight excluding hydrogens is 408 g/mol. The van der Waals surface area contributed by atoms with Crippen LogP contribution in [0.4, 0.5) is 10.1 Å². The predicted molar refractivity (Wildman–Crippen MR) is 115 cm³/mol. The lowest BCUT2D eigenvalue weighted by molar-refractivity contribution is -0.116. The van der Waals surface area contributed by atoms with Gasteiger partial charge in [0.25, 0.3) is 0 Å². The summed E-state index contributed by atoms with van der Waals surface area (Å²) >= 11 is 7.71. The summed E-state index contributed by atoms with van der Waals surface area (Å²) in [5.41, 5.74) is 0.443. The Kier molecular flexibility index (Phi) is 8.70. The van der Waals surface area contributed by atoms with Crippen molar-refractivity contribution >= 4 is 52.5 Å². The number of carbonyl (C=O) groups is 1. The van der Waals surface area contributed by atoms with Crippen LogP contribution in [0.25, 0.3) is 0 Å². The van der Waals surface area contributed by atoms with Crippen molar-refractivity contribution in [3.63, 3.8) is 0 Å². The summed E-state index contributed by atoms with van der Waals surface area (Å²) in [6.45, 7) is 0. The molecule has 2 fully saturated rings. The summed E-state index contributed by atoms with van der Waals surface area (Å²) in [5, 5.41) is 4.04. The lowest BCUT2D eigenvalue weighted by Crippen LogP contribution is -2.34. The first-order valence-corrected chi connectivity index (χ1v) is 10.6. The van der Waals surface area contributed by atoms with E-state index in [1.165, 1.54) is 56.7 Å². The summed E-state index contributed by atoms with van der Waals surface area (Å²) in [7, 11) is 2.01. The zero-order valence-electron chi connectivity index (χ0n) is 15.4. The second-order valence-electron chi connectivity index (χ2n) is 7.01. The second kappa shape index (κ2) is 10.5. The van der Waals surface area contributed by atoms with Crippen LogP contribution in [0.15, 0.2) is 23.2 Å². The molecular formula is C19H26Cl2FN3OS. The Morgan fingerprint density at radius 2 is 2.04 bits per heavy atom. The number of aliphatic imine (C=N–C) groups is 1. The van der Waals surface area contributed by atoms with E-state index in [1.54, 1.807) is 11.8 Å². The summed E-state index contributed by atoms with van der Waals surface area (Å²) in [4.78, 5) is 19.4. The van der Waals surface area contributed by atoms with Crippen LogP contribution >= 0.6 is 35.8 Å². The molecule has 1 saturated heterocycles. The number of amidine groups is 1. The van der Waals surface area contributed by atoms with Crippen molar-refractivity contribution in [2.45, 2.75) is 57.0 Å². The van der Waals surface area contributed by atoms with Crippen molar-refractivity contribution in [2.75, 3.05) is 18.1 Å². The molecule has 27 heavy (non-hydrogen) atoms. The van der Waals surface area contributed by atoms with Crippen LogP contribution in [0.5, 0.6) is 0 Å². The molecule has 0 aromatic heterocycles. The zero-order chi connectivity index (χ0) is 18.5. The van der Waals surface area contributed by atoms with Gasteiger partial charge in [-0.05, 0) is 31.0 Å². The van der Waals surface area contributed by atoms with Crippen LogP contribution in [-0.4, -0.2) is 40.9 Å². The second-order valence-corrected chi connectivity index (χ2v) is 8.40. The number of nitrogens with zero attached hydrogens (tertiary/aromatic N) is 2. The van der Waals surface area contributed by atoms with E-state index in [-0.39, 0.29) is 29.4 Å². The maximum absolute atomic E-state index is 13.1. The molecule has 1 aromatic carbocycles. The van der Waals surface area contributed by atoms with Gasteiger partial charge in [0.05, 0.1) is 16.8 Å². The minimum atomic E-state index is -0.417. The van der Waals surface area contributed by atoms with Crippen molar-refractivity contribution in [2.24, 2.45) is 4.99 Å². The lowest BCUT2D eigenvalue weighted by Gasteiger charge is -2.22. The van der Waals surface area contributed by atoms with Gasteiger partial charge in [0.2, 0.25) is 5.91 Å². The summed E-state index contributed by atoms with van der Waals surface area (Å²) in [6, 6.07) is 4.52. The highest BCUT2D eigenvalue weighted by Gasteiger charge is 2.30. The minimum absolute atomic E-state index is 0. The number of hydrogen-bond acceptors (Lipinski definition) is 3. The SMILES string of the molecule is CN1/C(=N/C2CCCCCC2)SCC1CC(=O)Nc1ccc(F)cc1Cl.Cl. The molecule has 1 heterocycles. The molecule has 0 radical (unpaired) electrons. The van der Waals surface area contributed by atoms with Crippen LogP contribution in [0.3, 0.4) is 0 Å². The number of amides is 1. The first kappa shape index (κ1) is 22.3. The quantitative estimate of drug-likeness (QED) is 0.650. The molecule has 1 atom stereocenters. The molecule has 1 N–H and O–H groups in total. The highest BCUT2D eigenvalue weighted by Crippen LogP contribution is 2.29. The van der Waals surface area contributed by atoms with Gasteiger partial charge in [-0.2, -0.15) is 0 Å². The van der Waals surface area contributed by atoms with E-state index in [9.17, 15) is 9.18 Å². The number of rotatable bonds is 4. The Hall–Kier alpha value is -0.980. The van der Waals surface area contributed by atoms with Crippen molar-refractivity contribution < 1.29 is 9.18 Å². The number of carbonyl (C=O) groups excluding carboxylic acids is 1. The van der Waals surface area contributed by atoms with Crippen molar-refractivity contribution in [1.82, 2.24) is 4.90 Å². The maximum atomic E-state index is 13.1. The van der Waals surface area contributed by atoms with Gasteiger partial charge in [0, 0.05) is 25.3 Å². The first-order chi connectivity index (χ1) is 12.5. The molecule has 1 aromatic rings. The number of anilines is 1. The molecule has 1 unspecified atom stereocenters. The third-order valence-corrected chi connectivity index (χ3v) is 6.51.